The molecule has 1 saturated carbocycles. The van der Waals surface area contributed by atoms with Crippen molar-refractivity contribution in [2.45, 2.75) is 63.7 Å². The van der Waals surface area contributed by atoms with Gasteiger partial charge in [-0.3, -0.25) is 10.2 Å². The van der Waals surface area contributed by atoms with Crippen LogP contribution in [0.4, 0.5) is 0 Å². The van der Waals surface area contributed by atoms with Gasteiger partial charge in [-0.1, -0.05) is 6.92 Å². The Hall–Kier alpha value is -1.45. The Bertz CT molecular complexity index is 514. The van der Waals surface area contributed by atoms with Crippen LogP contribution >= 0.6 is 0 Å². The smallest absolute Gasteiger partial charge is 0.147 e. The van der Waals surface area contributed by atoms with Crippen LogP contribution in [0.25, 0.3) is 0 Å². The van der Waals surface area contributed by atoms with Gasteiger partial charge in [-0.05, 0) is 38.6 Å². The molecule has 1 fully saturated rings. The molecule has 6 heteroatoms. The van der Waals surface area contributed by atoms with E-state index in [9.17, 15) is 5.26 Å². The van der Waals surface area contributed by atoms with Crippen molar-refractivity contribution in [3.8, 4) is 6.07 Å². The maximum atomic E-state index is 9.54. The van der Waals surface area contributed by atoms with Crippen LogP contribution in [0.2, 0.25) is 0 Å². The van der Waals surface area contributed by atoms with Gasteiger partial charge in [0.05, 0.1) is 12.6 Å². The summed E-state index contributed by atoms with van der Waals surface area (Å²) in [6, 6.07) is 3.11. The van der Waals surface area contributed by atoms with Crippen LogP contribution in [-0.2, 0) is 13.1 Å². The summed E-state index contributed by atoms with van der Waals surface area (Å²) in [6.07, 6.45) is 7.13. The molecule has 0 radical (unpaired) electrons. The van der Waals surface area contributed by atoms with Crippen LogP contribution in [0.1, 0.15) is 44.9 Å². The zero-order valence-electron chi connectivity index (χ0n) is 12.8. The monoisotopic (exact) mass is 288 g/mol. The van der Waals surface area contributed by atoms with E-state index >= 15 is 0 Å². The normalized spacial score (nSPS) is 21.5. The standard InChI is InChI=1S/C15H24N6/c1-2-15(11-16,18-13-4-5-13)6-3-7-20-8-9-21-12-17-19-14(21)10-20/h12-13,18H,2-10H2,1H3. The molecule has 1 aliphatic carbocycles. The molecule has 2 heterocycles. The summed E-state index contributed by atoms with van der Waals surface area (Å²) in [5, 5.41) is 21.2. The highest BCUT2D eigenvalue weighted by Crippen LogP contribution is 2.26. The molecular weight excluding hydrogens is 264 g/mol. The molecule has 1 aromatic rings. The lowest BCUT2D eigenvalue weighted by Crippen LogP contribution is -2.45. The molecule has 1 atom stereocenters. The van der Waals surface area contributed by atoms with E-state index in [4.69, 9.17) is 0 Å². The Labute approximate surface area is 126 Å². The first-order chi connectivity index (χ1) is 10.2. The number of nitrogens with one attached hydrogen (secondary N) is 1. The minimum Gasteiger partial charge on any atom is -0.315 e. The van der Waals surface area contributed by atoms with Gasteiger partial charge < -0.3 is 4.57 Å². The molecule has 114 valence electrons. The van der Waals surface area contributed by atoms with Crippen LogP contribution in [0.5, 0.6) is 0 Å². The molecule has 1 N–H and O–H groups in total. The molecule has 2 aliphatic rings. The first kappa shape index (κ1) is 14.5. The summed E-state index contributed by atoms with van der Waals surface area (Å²) in [5.41, 5.74) is -0.322. The van der Waals surface area contributed by atoms with E-state index in [0.29, 0.717) is 6.04 Å². The lowest BCUT2D eigenvalue weighted by atomic mass is 9.91. The van der Waals surface area contributed by atoms with Crippen molar-refractivity contribution < 1.29 is 0 Å². The van der Waals surface area contributed by atoms with Crippen molar-refractivity contribution in [1.29, 1.82) is 5.26 Å². The second-order valence-corrected chi connectivity index (χ2v) is 6.29. The van der Waals surface area contributed by atoms with Gasteiger partial charge in [0.15, 0.2) is 0 Å². The van der Waals surface area contributed by atoms with E-state index < -0.39 is 0 Å². The molecule has 3 rings (SSSR count). The lowest BCUT2D eigenvalue weighted by molar-refractivity contribution is 0.205. The number of hydrogen-bond donors (Lipinski definition) is 1. The minimum atomic E-state index is -0.322. The number of aromatic nitrogens is 3. The van der Waals surface area contributed by atoms with Crippen LogP contribution in [0.15, 0.2) is 6.33 Å². The van der Waals surface area contributed by atoms with Gasteiger partial charge in [-0.15, -0.1) is 10.2 Å². The van der Waals surface area contributed by atoms with E-state index in [0.717, 1.165) is 51.3 Å². The molecule has 0 spiro atoms. The fraction of sp³-hybridized carbons (Fsp3) is 0.800. The van der Waals surface area contributed by atoms with Crippen molar-refractivity contribution in [3.05, 3.63) is 12.2 Å². The van der Waals surface area contributed by atoms with Gasteiger partial charge >= 0.3 is 0 Å². The maximum Gasteiger partial charge on any atom is 0.147 e. The van der Waals surface area contributed by atoms with Crippen LogP contribution in [0.3, 0.4) is 0 Å². The Kier molecular flexibility index (Phi) is 4.22. The van der Waals surface area contributed by atoms with E-state index in [1.54, 1.807) is 0 Å². The molecule has 1 aliphatic heterocycles. The maximum absolute atomic E-state index is 9.54. The van der Waals surface area contributed by atoms with Crippen molar-refractivity contribution >= 4 is 0 Å². The number of nitrogens with zero attached hydrogens (tertiary/aromatic N) is 5. The van der Waals surface area contributed by atoms with Crippen molar-refractivity contribution in [3.63, 3.8) is 0 Å². The number of rotatable bonds is 7. The fourth-order valence-corrected chi connectivity index (χ4v) is 3.05. The van der Waals surface area contributed by atoms with Crippen molar-refractivity contribution in [1.82, 2.24) is 25.0 Å². The van der Waals surface area contributed by atoms with Crippen molar-refractivity contribution in [2.24, 2.45) is 0 Å². The average molecular weight is 288 g/mol. The number of hydrogen-bond acceptors (Lipinski definition) is 5. The summed E-state index contributed by atoms with van der Waals surface area (Å²) in [4.78, 5) is 2.42. The molecule has 21 heavy (non-hydrogen) atoms. The Morgan fingerprint density at radius 2 is 2.33 bits per heavy atom. The fourth-order valence-electron chi connectivity index (χ4n) is 3.05. The van der Waals surface area contributed by atoms with Gasteiger partial charge in [-0.2, -0.15) is 5.26 Å². The largest absolute Gasteiger partial charge is 0.315 e. The zero-order valence-corrected chi connectivity index (χ0v) is 12.8. The second-order valence-electron chi connectivity index (χ2n) is 6.29. The van der Waals surface area contributed by atoms with Gasteiger partial charge in [-0.25, -0.2) is 0 Å². The van der Waals surface area contributed by atoms with Gasteiger partial charge in [0, 0.05) is 19.1 Å². The Morgan fingerprint density at radius 1 is 1.48 bits per heavy atom. The molecule has 0 saturated heterocycles. The molecule has 1 unspecified atom stereocenters. The Balaban J connectivity index is 1.48. The summed E-state index contributed by atoms with van der Waals surface area (Å²) < 4.78 is 2.12. The summed E-state index contributed by atoms with van der Waals surface area (Å²) in [6.45, 7) is 6.04. The molecule has 0 amide bonds. The predicted octanol–water partition coefficient (Wildman–Crippen LogP) is 1.30. The van der Waals surface area contributed by atoms with Crippen LogP contribution in [0, 0.1) is 11.3 Å². The highest BCUT2D eigenvalue weighted by molar-refractivity contribution is 5.09. The van der Waals surface area contributed by atoms with Crippen molar-refractivity contribution in [2.75, 3.05) is 13.1 Å². The Morgan fingerprint density at radius 3 is 3.05 bits per heavy atom. The molecule has 1 aromatic heterocycles. The minimum absolute atomic E-state index is 0.322. The SMILES string of the molecule is CCC(C#N)(CCCN1CCn2cnnc2C1)NC1CC1. The molecule has 0 bridgehead atoms. The van der Waals surface area contributed by atoms with Crippen LogP contribution in [-0.4, -0.2) is 44.3 Å². The van der Waals surface area contributed by atoms with Gasteiger partial charge in [0.2, 0.25) is 0 Å². The van der Waals surface area contributed by atoms with E-state index in [-0.39, 0.29) is 5.54 Å². The third-order valence-corrected chi connectivity index (χ3v) is 4.67. The highest BCUT2D eigenvalue weighted by atomic mass is 15.3. The summed E-state index contributed by atoms with van der Waals surface area (Å²) in [7, 11) is 0. The quantitative estimate of drug-likeness (QED) is 0.819. The van der Waals surface area contributed by atoms with Gasteiger partial charge in [0.25, 0.3) is 0 Å². The molecule has 6 nitrogen and oxygen atoms in total. The zero-order chi connectivity index (χ0) is 14.7. The third kappa shape index (κ3) is 3.42. The first-order valence-electron chi connectivity index (χ1n) is 8.03. The van der Waals surface area contributed by atoms with Crippen LogP contribution < -0.4 is 5.32 Å². The molecular formula is C15H24N6. The average Bonchev–Trinajstić information content (AvgIpc) is 3.20. The number of nitriles is 1. The topological polar surface area (TPSA) is 69.8 Å². The van der Waals surface area contributed by atoms with E-state index in [2.05, 4.69) is 38.0 Å². The van der Waals surface area contributed by atoms with E-state index in [1.807, 2.05) is 6.33 Å². The second kappa shape index (κ2) is 6.12. The first-order valence-corrected chi connectivity index (χ1v) is 8.03. The third-order valence-electron chi connectivity index (χ3n) is 4.67. The number of fused-ring (bicyclic) bond motifs is 1. The van der Waals surface area contributed by atoms with Gasteiger partial charge in [0.1, 0.15) is 17.7 Å². The summed E-state index contributed by atoms with van der Waals surface area (Å²) >= 11 is 0. The van der Waals surface area contributed by atoms with E-state index in [1.165, 1.54) is 12.8 Å². The lowest BCUT2D eigenvalue weighted by Gasteiger charge is -2.30. The molecule has 0 aromatic carbocycles. The summed E-state index contributed by atoms with van der Waals surface area (Å²) in [5.74, 6) is 1.05. The highest BCUT2D eigenvalue weighted by Gasteiger charge is 2.34. The predicted molar refractivity (Wildman–Crippen MR) is 79.3 cm³/mol.